The highest BCUT2D eigenvalue weighted by molar-refractivity contribution is 5.84. The SMILES string of the molecule is CCCCOc1ccc(COc2ccc3oc(-c4oc(=O)c(C)c(O)c4C)cc3c2)cc1. The van der Waals surface area contributed by atoms with Gasteiger partial charge in [-0.1, -0.05) is 25.5 Å². The van der Waals surface area contributed by atoms with Crippen LogP contribution in [0, 0.1) is 13.8 Å². The van der Waals surface area contributed by atoms with Gasteiger partial charge in [0.2, 0.25) is 0 Å². The number of furan rings is 1. The fraction of sp³-hybridized carbons (Fsp3) is 0.269. The Labute approximate surface area is 186 Å². The highest BCUT2D eigenvalue weighted by Gasteiger charge is 2.18. The molecule has 2 heterocycles. The van der Waals surface area contributed by atoms with Crippen molar-refractivity contribution < 1.29 is 23.4 Å². The van der Waals surface area contributed by atoms with Crippen molar-refractivity contribution in [2.24, 2.45) is 0 Å². The third kappa shape index (κ3) is 4.49. The molecule has 0 amide bonds. The zero-order valence-electron chi connectivity index (χ0n) is 18.4. The van der Waals surface area contributed by atoms with Gasteiger partial charge in [-0.3, -0.25) is 0 Å². The molecule has 0 saturated heterocycles. The average molecular weight is 434 g/mol. The van der Waals surface area contributed by atoms with E-state index in [0.29, 0.717) is 29.3 Å². The first-order valence-corrected chi connectivity index (χ1v) is 10.7. The summed E-state index contributed by atoms with van der Waals surface area (Å²) in [5, 5.41) is 11.0. The van der Waals surface area contributed by atoms with E-state index in [-0.39, 0.29) is 17.1 Å². The lowest BCUT2D eigenvalue weighted by molar-refractivity contribution is 0.302. The van der Waals surface area contributed by atoms with Gasteiger partial charge in [0.15, 0.2) is 11.5 Å². The summed E-state index contributed by atoms with van der Waals surface area (Å²) in [6.45, 7) is 6.49. The van der Waals surface area contributed by atoms with Crippen LogP contribution in [0.25, 0.3) is 22.5 Å². The molecule has 0 radical (unpaired) electrons. The first kappa shape index (κ1) is 21.6. The van der Waals surface area contributed by atoms with Crippen molar-refractivity contribution in [1.29, 1.82) is 0 Å². The zero-order chi connectivity index (χ0) is 22.7. The minimum Gasteiger partial charge on any atom is -0.507 e. The third-order valence-corrected chi connectivity index (χ3v) is 5.36. The predicted molar refractivity (Wildman–Crippen MR) is 123 cm³/mol. The van der Waals surface area contributed by atoms with Crippen molar-refractivity contribution in [3.05, 3.63) is 75.6 Å². The Hall–Kier alpha value is -3.67. The first-order valence-electron chi connectivity index (χ1n) is 10.7. The maximum atomic E-state index is 12.0. The molecule has 4 rings (SSSR count). The lowest BCUT2D eigenvalue weighted by atomic mass is 10.1. The van der Waals surface area contributed by atoms with Gasteiger partial charge in [-0.05, 0) is 62.2 Å². The van der Waals surface area contributed by atoms with Crippen molar-refractivity contribution in [3.63, 3.8) is 0 Å². The molecule has 166 valence electrons. The Morgan fingerprint density at radius 2 is 1.66 bits per heavy atom. The van der Waals surface area contributed by atoms with Crippen LogP contribution in [0.2, 0.25) is 0 Å². The van der Waals surface area contributed by atoms with Crippen LogP contribution >= 0.6 is 0 Å². The van der Waals surface area contributed by atoms with Crippen molar-refractivity contribution in [3.8, 4) is 28.8 Å². The molecule has 2 aromatic carbocycles. The molecule has 0 spiro atoms. The quantitative estimate of drug-likeness (QED) is 0.336. The van der Waals surface area contributed by atoms with Gasteiger partial charge in [0.1, 0.15) is 29.4 Å². The summed E-state index contributed by atoms with van der Waals surface area (Å²) in [6.07, 6.45) is 2.15. The molecule has 0 atom stereocenters. The van der Waals surface area contributed by atoms with Crippen molar-refractivity contribution in [2.45, 2.75) is 40.2 Å². The van der Waals surface area contributed by atoms with Gasteiger partial charge in [-0.15, -0.1) is 0 Å². The van der Waals surface area contributed by atoms with Crippen LogP contribution < -0.4 is 15.1 Å². The number of fused-ring (bicyclic) bond motifs is 1. The number of unbranched alkanes of at least 4 members (excludes halogenated alkanes) is 1. The van der Waals surface area contributed by atoms with Crippen LogP contribution in [0.3, 0.4) is 0 Å². The Kier molecular flexibility index (Phi) is 6.21. The second-order valence-electron chi connectivity index (χ2n) is 7.76. The first-order chi connectivity index (χ1) is 15.5. The number of rotatable bonds is 8. The van der Waals surface area contributed by atoms with Gasteiger partial charge in [-0.25, -0.2) is 4.79 Å². The summed E-state index contributed by atoms with van der Waals surface area (Å²) >= 11 is 0. The van der Waals surface area contributed by atoms with Crippen LogP contribution in [-0.4, -0.2) is 11.7 Å². The maximum absolute atomic E-state index is 12.0. The summed E-state index contributed by atoms with van der Waals surface area (Å²) in [5.74, 6) is 2.07. The van der Waals surface area contributed by atoms with E-state index in [9.17, 15) is 9.90 Å². The molecule has 1 N–H and O–H groups in total. The van der Waals surface area contributed by atoms with E-state index in [0.717, 1.165) is 36.1 Å². The maximum Gasteiger partial charge on any atom is 0.343 e. The zero-order valence-corrected chi connectivity index (χ0v) is 18.4. The lowest BCUT2D eigenvalue weighted by Gasteiger charge is -2.08. The highest BCUT2D eigenvalue weighted by atomic mass is 16.5. The molecule has 2 aromatic heterocycles. The van der Waals surface area contributed by atoms with Crippen molar-refractivity contribution >= 4 is 11.0 Å². The molecule has 0 unspecified atom stereocenters. The van der Waals surface area contributed by atoms with Crippen molar-refractivity contribution in [1.82, 2.24) is 0 Å². The van der Waals surface area contributed by atoms with Crippen LogP contribution in [0.15, 0.2) is 62.2 Å². The number of ether oxygens (including phenoxy) is 2. The number of benzene rings is 2. The van der Waals surface area contributed by atoms with E-state index in [1.54, 1.807) is 19.1 Å². The summed E-state index contributed by atoms with van der Waals surface area (Å²) < 4.78 is 22.8. The summed E-state index contributed by atoms with van der Waals surface area (Å²) in [6, 6.07) is 15.2. The molecule has 6 nitrogen and oxygen atoms in total. The molecule has 4 aromatic rings. The van der Waals surface area contributed by atoms with Crippen LogP contribution in [0.1, 0.15) is 36.5 Å². The van der Waals surface area contributed by atoms with Gasteiger partial charge >= 0.3 is 5.63 Å². The second-order valence-corrected chi connectivity index (χ2v) is 7.76. The van der Waals surface area contributed by atoms with E-state index < -0.39 is 5.63 Å². The molecule has 0 aliphatic rings. The minimum absolute atomic E-state index is 0.0810. The largest absolute Gasteiger partial charge is 0.507 e. The van der Waals surface area contributed by atoms with Gasteiger partial charge in [-0.2, -0.15) is 0 Å². The van der Waals surface area contributed by atoms with Crippen LogP contribution in [0.5, 0.6) is 17.2 Å². The molecule has 0 bridgehead atoms. The van der Waals surface area contributed by atoms with E-state index in [1.165, 1.54) is 6.92 Å². The summed E-state index contributed by atoms with van der Waals surface area (Å²) in [7, 11) is 0. The highest BCUT2D eigenvalue weighted by Crippen LogP contribution is 2.34. The number of hydrogen-bond donors (Lipinski definition) is 1. The Morgan fingerprint density at radius 3 is 2.41 bits per heavy atom. The Morgan fingerprint density at radius 1 is 0.906 bits per heavy atom. The summed E-state index contributed by atoms with van der Waals surface area (Å²) in [4.78, 5) is 12.0. The van der Waals surface area contributed by atoms with Gasteiger partial charge in [0.05, 0.1) is 12.2 Å². The van der Waals surface area contributed by atoms with Crippen LogP contribution in [0.4, 0.5) is 0 Å². The predicted octanol–water partition coefficient (Wildman–Crippen LogP) is 6.13. The monoisotopic (exact) mass is 434 g/mol. The fourth-order valence-corrected chi connectivity index (χ4v) is 3.37. The molecular formula is C26H26O6. The minimum atomic E-state index is -0.589. The van der Waals surface area contributed by atoms with Gasteiger partial charge in [0.25, 0.3) is 0 Å². The third-order valence-electron chi connectivity index (χ3n) is 5.36. The smallest absolute Gasteiger partial charge is 0.343 e. The van der Waals surface area contributed by atoms with Gasteiger partial charge in [0, 0.05) is 10.9 Å². The average Bonchev–Trinajstić information content (AvgIpc) is 3.23. The molecule has 0 aliphatic heterocycles. The molecular weight excluding hydrogens is 408 g/mol. The molecule has 32 heavy (non-hydrogen) atoms. The van der Waals surface area contributed by atoms with E-state index in [1.807, 2.05) is 36.4 Å². The molecule has 0 aliphatic carbocycles. The standard InChI is InChI=1S/C26H26O6/c1-4-5-12-29-20-8-6-18(7-9-20)15-30-21-10-11-22-19(13-21)14-23(31-22)25-16(2)24(27)17(3)26(28)32-25/h6-11,13-14,27H,4-5,12,15H2,1-3H3. The molecule has 0 saturated carbocycles. The normalized spacial score (nSPS) is 11.1. The topological polar surface area (TPSA) is 82.0 Å². The van der Waals surface area contributed by atoms with E-state index >= 15 is 0 Å². The molecule has 6 heteroatoms. The Balaban J connectivity index is 1.49. The Bertz CT molecular complexity index is 1280. The van der Waals surface area contributed by atoms with Crippen molar-refractivity contribution in [2.75, 3.05) is 6.61 Å². The van der Waals surface area contributed by atoms with E-state index in [2.05, 4.69) is 6.92 Å². The lowest BCUT2D eigenvalue weighted by Crippen LogP contribution is -2.05. The summed E-state index contributed by atoms with van der Waals surface area (Å²) in [5.41, 5.74) is 1.71. The molecule has 0 fully saturated rings. The second kappa shape index (κ2) is 9.22. The number of hydrogen-bond acceptors (Lipinski definition) is 6. The van der Waals surface area contributed by atoms with E-state index in [4.69, 9.17) is 18.3 Å². The van der Waals surface area contributed by atoms with Crippen LogP contribution in [-0.2, 0) is 6.61 Å². The fourth-order valence-electron chi connectivity index (χ4n) is 3.37. The number of aromatic hydroxyl groups is 1. The van der Waals surface area contributed by atoms with Gasteiger partial charge < -0.3 is 23.4 Å².